The molecule has 2 rings (SSSR count). The molecule has 21 heavy (non-hydrogen) atoms. The van der Waals surface area contributed by atoms with Crippen molar-refractivity contribution >= 4 is 11.6 Å². The van der Waals surface area contributed by atoms with Crippen LogP contribution in [0, 0.1) is 0 Å². The van der Waals surface area contributed by atoms with E-state index in [2.05, 4.69) is 5.32 Å². The smallest absolute Gasteiger partial charge is 0.255 e. The first-order valence-electron chi connectivity index (χ1n) is 7.06. The Labute approximate surface area is 124 Å². The predicted molar refractivity (Wildman–Crippen MR) is 84.8 cm³/mol. The number of carbonyl (C=O) groups is 1. The Kier molecular flexibility index (Phi) is 5.35. The van der Waals surface area contributed by atoms with Crippen LogP contribution in [0.2, 0.25) is 0 Å². The molecular weight excluding hydrogens is 264 g/mol. The highest BCUT2D eigenvalue weighted by Gasteiger charge is 2.06. The lowest BCUT2D eigenvalue weighted by molar-refractivity contribution is 0.102. The van der Waals surface area contributed by atoms with Crippen LogP contribution in [0.3, 0.4) is 0 Å². The minimum Gasteiger partial charge on any atom is -0.494 e. The average Bonchev–Trinajstić information content (AvgIpc) is 2.49. The van der Waals surface area contributed by atoms with Crippen LogP contribution in [-0.4, -0.2) is 19.1 Å². The van der Waals surface area contributed by atoms with E-state index < -0.39 is 0 Å². The zero-order chi connectivity index (χ0) is 15.1. The predicted octanol–water partition coefficient (Wildman–Crippen LogP) is 2.84. The third-order valence-electron chi connectivity index (χ3n) is 3.05. The monoisotopic (exact) mass is 284 g/mol. The van der Waals surface area contributed by atoms with Gasteiger partial charge in [-0.2, -0.15) is 0 Å². The molecule has 0 fully saturated rings. The molecule has 3 N–H and O–H groups in total. The molecule has 4 heteroatoms. The van der Waals surface area contributed by atoms with E-state index in [9.17, 15) is 4.79 Å². The standard InChI is InChI=1S/C17H20N2O2/c1-2-21-16-5-3-4-15(12-16)19-17(20)14-8-6-13(7-9-14)10-11-18/h3-9,12H,2,10-11,18H2,1H3,(H,19,20). The van der Waals surface area contributed by atoms with Gasteiger partial charge in [-0.05, 0) is 49.7 Å². The van der Waals surface area contributed by atoms with Crippen LogP contribution in [0.25, 0.3) is 0 Å². The largest absolute Gasteiger partial charge is 0.494 e. The molecule has 110 valence electrons. The fraction of sp³-hybridized carbons (Fsp3) is 0.235. The molecular formula is C17H20N2O2. The molecule has 0 aliphatic rings. The third-order valence-corrected chi connectivity index (χ3v) is 3.05. The van der Waals surface area contributed by atoms with Crippen LogP contribution in [0.5, 0.6) is 5.75 Å². The quantitative estimate of drug-likeness (QED) is 0.857. The summed E-state index contributed by atoms with van der Waals surface area (Å²) >= 11 is 0. The van der Waals surface area contributed by atoms with Gasteiger partial charge in [-0.15, -0.1) is 0 Å². The van der Waals surface area contributed by atoms with Crippen molar-refractivity contribution in [2.45, 2.75) is 13.3 Å². The summed E-state index contributed by atoms with van der Waals surface area (Å²) in [6.45, 7) is 3.13. The highest BCUT2D eigenvalue weighted by molar-refractivity contribution is 6.04. The Morgan fingerprint density at radius 2 is 1.95 bits per heavy atom. The van der Waals surface area contributed by atoms with Crippen molar-refractivity contribution in [2.75, 3.05) is 18.5 Å². The Morgan fingerprint density at radius 3 is 2.62 bits per heavy atom. The maximum absolute atomic E-state index is 12.2. The van der Waals surface area contributed by atoms with E-state index in [0.29, 0.717) is 18.7 Å². The van der Waals surface area contributed by atoms with E-state index in [1.54, 1.807) is 0 Å². The topological polar surface area (TPSA) is 64.3 Å². The summed E-state index contributed by atoms with van der Waals surface area (Å²) in [5.41, 5.74) is 7.98. The highest BCUT2D eigenvalue weighted by Crippen LogP contribution is 2.18. The molecule has 0 heterocycles. The van der Waals surface area contributed by atoms with Crippen LogP contribution in [0.4, 0.5) is 5.69 Å². The van der Waals surface area contributed by atoms with Gasteiger partial charge >= 0.3 is 0 Å². The second kappa shape index (κ2) is 7.45. The van der Waals surface area contributed by atoms with Gasteiger partial charge in [-0.25, -0.2) is 0 Å². The molecule has 0 atom stereocenters. The summed E-state index contributed by atoms with van der Waals surface area (Å²) in [7, 11) is 0. The first-order chi connectivity index (χ1) is 10.2. The number of nitrogens with two attached hydrogens (primary N) is 1. The van der Waals surface area contributed by atoms with Gasteiger partial charge in [0.05, 0.1) is 6.61 Å². The Balaban J connectivity index is 2.05. The van der Waals surface area contributed by atoms with Crippen molar-refractivity contribution in [3.05, 3.63) is 59.7 Å². The molecule has 2 aromatic carbocycles. The fourth-order valence-corrected chi connectivity index (χ4v) is 2.02. The first kappa shape index (κ1) is 15.1. The van der Waals surface area contributed by atoms with Crippen molar-refractivity contribution in [3.63, 3.8) is 0 Å². The number of hydrogen-bond donors (Lipinski definition) is 2. The van der Waals surface area contributed by atoms with Gasteiger partial charge in [-0.3, -0.25) is 4.79 Å². The summed E-state index contributed by atoms with van der Waals surface area (Å²) < 4.78 is 5.41. The molecule has 0 saturated heterocycles. The van der Waals surface area contributed by atoms with E-state index in [0.717, 1.165) is 23.4 Å². The summed E-state index contributed by atoms with van der Waals surface area (Å²) in [5, 5.41) is 2.86. The molecule has 2 aromatic rings. The molecule has 0 bridgehead atoms. The number of hydrogen-bond acceptors (Lipinski definition) is 3. The van der Waals surface area contributed by atoms with Gasteiger partial charge in [0.2, 0.25) is 0 Å². The zero-order valence-corrected chi connectivity index (χ0v) is 12.1. The van der Waals surface area contributed by atoms with Crippen LogP contribution in [0.1, 0.15) is 22.8 Å². The summed E-state index contributed by atoms with van der Waals surface area (Å²) in [5.74, 6) is 0.608. The van der Waals surface area contributed by atoms with Crippen molar-refractivity contribution in [2.24, 2.45) is 5.73 Å². The van der Waals surface area contributed by atoms with Gasteiger partial charge < -0.3 is 15.8 Å². The number of nitrogens with one attached hydrogen (secondary N) is 1. The number of ether oxygens (including phenoxy) is 1. The summed E-state index contributed by atoms with van der Waals surface area (Å²) in [6.07, 6.45) is 0.818. The van der Waals surface area contributed by atoms with Gasteiger partial charge in [0, 0.05) is 17.3 Å². The second-order valence-electron chi connectivity index (χ2n) is 4.65. The lowest BCUT2D eigenvalue weighted by Gasteiger charge is -2.08. The van der Waals surface area contributed by atoms with E-state index in [1.165, 1.54) is 0 Å². The van der Waals surface area contributed by atoms with E-state index in [4.69, 9.17) is 10.5 Å². The Bertz CT molecular complexity index is 594. The maximum Gasteiger partial charge on any atom is 0.255 e. The SMILES string of the molecule is CCOc1cccc(NC(=O)c2ccc(CCN)cc2)c1. The maximum atomic E-state index is 12.2. The van der Waals surface area contributed by atoms with Crippen LogP contribution in [-0.2, 0) is 6.42 Å². The number of amides is 1. The van der Waals surface area contributed by atoms with Crippen molar-refractivity contribution in [3.8, 4) is 5.75 Å². The molecule has 0 spiro atoms. The molecule has 0 unspecified atom stereocenters. The minimum atomic E-state index is -0.136. The summed E-state index contributed by atoms with van der Waals surface area (Å²) in [6, 6.07) is 14.8. The van der Waals surface area contributed by atoms with Gasteiger partial charge in [0.25, 0.3) is 5.91 Å². The Hall–Kier alpha value is -2.33. The highest BCUT2D eigenvalue weighted by atomic mass is 16.5. The normalized spacial score (nSPS) is 10.2. The fourth-order valence-electron chi connectivity index (χ4n) is 2.02. The number of anilines is 1. The second-order valence-corrected chi connectivity index (χ2v) is 4.65. The first-order valence-corrected chi connectivity index (χ1v) is 7.06. The lowest BCUT2D eigenvalue weighted by atomic mass is 10.1. The van der Waals surface area contributed by atoms with Crippen LogP contribution < -0.4 is 15.8 Å². The van der Waals surface area contributed by atoms with Crippen LogP contribution >= 0.6 is 0 Å². The van der Waals surface area contributed by atoms with E-state index >= 15 is 0 Å². The number of benzene rings is 2. The zero-order valence-electron chi connectivity index (χ0n) is 12.1. The molecule has 0 aliphatic carbocycles. The van der Waals surface area contributed by atoms with Crippen molar-refractivity contribution in [1.82, 2.24) is 0 Å². The molecule has 0 saturated carbocycles. The van der Waals surface area contributed by atoms with Gasteiger partial charge in [0.1, 0.15) is 5.75 Å². The molecule has 0 radical (unpaired) electrons. The lowest BCUT2D eigenvalue weighted by Crippen LogP contribution is -2.12. The third kappa shape index (κ3) is 4.33. The summed E-state index contributed by atoms with van der Waals surface area (Å²) in [4.78, 5) is 12.2. The number of rotatable bonds is 6. The molecule has 0 aliphatic heterocycles. The minimum absolute atomic E-state index is 0.136. The van der Waals surface area contributed by atoms with Crippen molar-refractivity contribution < 1.29 is 9.53 Å². The van der Waals surface area contributed by atoms with Gasteiger partial charge in [0.15, 0.2) is 0 Å². The average molecular weight is 284 g/mol. The molecule has 0 aromatic heterocycles. The molecule has 1 amide bonds. The Morgan fingerprint density at radius 1 is 1.19 bits per heavy atom. The number of carbonyl (C=O) groups excluding carboxylic acids is 1. The van der Waals surface area contributed by atoms with Crippen LogP contribution in [0.15, 0.2) is 48.5 Å². The molecule has 4 nitrogen and oxygen atoms in total. The van der Waals surface area contributed by atoms with Crippen molar-refractivity contribution in [1.29, 1.82) is 0 Å². The van der Waals surface area contributed by atoms with E-state index in [-0.39, 0.29) is 5.91 Å². The van der Waals surface area contributed by atoms with E-state index in [1.807, 2.05) is 55.5 Å². The van der Waals surface area contributed by atoms with Gasteiger partial charge in [-0.1, -0.05) is 18.2 Å².